The van der Waals surface area contributed by atoms with Gasteiger partial charge >= 0.3 is 5.97 Å². The molecule has 0 bridgehead atoms. The minimum atomic E-state index is -0.553. The molecule has 4 nitrogen and oxygen atoms in total. The van der Waals surface area contributed by atoms with Gasteiger partial charge in [-0.2, -0.15) is 0 Å². The number of carbonyl (C=O) groups excluding carboxylic acids is 1. The van der Waals surface area contributed by atoms with Crippen LogP contribution in [0.25, 0.3) is 0 Å². The second-order valence-corrected chi connectivity index (χ2v) is 5.53. The van der Waals surface area contributed by atoms with E-state index in [1.807, 2.05) is 6.07 Å². The van der Waals surface area contributed by atoms with Gasteiger partial charge in [-0.25, -0.2) is 4.79 Å². The van der Waals surface area contributed by atoms with Crippen molar-refractivity contribution in [1.29, 1.82) is 0 Å². The second kappa shape index (κ2) is 8.37. The Bertz CT molecular complexity index is 461. The van der Waals surface area contributed by atoms with E-state index in [1.165, 1.54) is 13.5 Å². The lowest BCUT2D eigenvalue weighted by atomic mass is 9.81. The van der Waals surface area contributed by atoms with E-state index in [4.69, 9.17) is 10.5 Å². The average Bonchev–Trinajstić information content (AvgIpc) is 2.53. The first-order valence-electron chi connectivity index (χ1n) is 7.25. The summed E-state index contributed by atoms with van der Waals surface area (Å²) in [6.45, 7) is 0. The Hall–Kier alpha value is -1.10. The number of aliphatic hydroxyl groups excluding tert-OH is 1. The van der Waals surface area contributed by atoms with Gasteiger partial charge in [-0.15, -0.1) is 12.4 Å². The molecule has 0 saturated heterocycles. The predicted molar refractivity (Wildman–Crippen MR) is 84.5 cm³/mol. The van der Waals surface area contributed by atoms with Gasteiger partial charge < -0.3 is 15.6 Å². The Labute approximate surface area is 132 Å². The molecule has 3 N–H and O–H groups in total. The van der Waals surface area contributed by atoms with Crippen molar-refractivity contribution in [2.75, 3.05) is 7.11 Å². The molecule has 1 aromatic carbocycles. The summed E-state index contributed by atoms with van der Waals surface area (Å²) in [6, 6.07) is 6.57. The molecule has 1 aliphatic rings. The fourth-order valence-electron chi connectivity index (χ4n) is 2.96. The van der Waals surface area contributed by atoms with Crippen LogP contribution in [0.15, 0.2) is 24.3 Å². The molecule has 0 aliphatic heterocycles. The molecule has 1 aromatic rings. The number of hydrogen-bond acceptors (Lipinski definition) is 4. The van der Waals surface area contributed by atoms with Crippen molar-refractivity contribution in [2.45, 2.75) is 44.2 Å². The highest BCUT2D eigenvalue weighted by Gasteiger charge is 2.27. The fourth-order valence-corrected chi connectivity index (χ4v) is 2.96. The minimum Gasteiger partial charge on any atom is -0.465 e. The van der Waals surface area contributed by atoms with Crippen LogP contribution in [0.1, 0.15) is 54.1 Å². The van der Waals surface area contributed by atoms with E-state index < -0.39 is 12.1 Å². The number of esters is 1. The van der Waals surface area contributed by atoms with Gasteiger partial charge in [0.1, 0.15) is 0 Å². The quantitative estimate of drug-likeness (QED) is 0.838. The molecule has 0 unspecified atom stereocenters. The zero-order valence-electron chi connectivity index (χ0n) is 12.3. The zero-order chi connectivity index (χ0) is 14.5. The normalized spacial score (nSPS) is 18.4. The van der Waals surface area contributed by atoms with Gasteiger partial charge in [0.05, 0.1) is 24.8 Å². The van der Waals surface area contributed by atoms with Crippen molar-refractivity contribution in [3.63, 3.8) is 0 Å². The van der Waals surface area contributed by atoms with Gasteiger partial charge in [0.2, 0.25) is 0 Å². The number of ether oxygens (including phenoxy) is 1. The van der Waals surface area contributed by atoms with Gasteiger partial charge in [-0.3, -0.25) is 0 Å². The van der Waals surface area contributed by atoms with Gasteiger partial charge in [0, 0.05) is 0 Å². The van der Waals surface area contributed by atoms with Crippen LogP contribution in [0.4, 0.5) is 0 Å². The Morgan fingerprint density at radius 3 is 2.62 bits per heavy atom. The lowest BCUT2D eigenvalue weighted by molar-refractivity contribution is 0.0590. The van der Waals surface area contributed by atoms with E-state index in [2.05, 4.69) is 0 Å². The minimum absolute atomic E-state index is 0. The van der Waals surface area contributed by atoms with E-state index >= 15 is 0 Å². The van der Waals surface area contributed by atoms with Crippen molar-refractivity contribution in [1.82, 2.24) is 0 Å². The predicted octanol–water partition coefficient (Wildman–Crippen LogP) is 2.84. The third-order valence-electron chi connectivity index (χ3n) is 4.19. The SMILES string of the molecule is COC(=O)c1cccc([C@H](N)[C@H](O)C2CCCCC2)c1.Cl. The third-order valence-corrected chi connectivity index (χ3v) is 4.19. The molecule has 118 valence electrons. The number of rotatable bonds is 4. The van der Waals surface area contributed by atoms with E-state index in [-0.39, 0.29) is 24.3 Å². The van der Waals surface area contributed by atoms with Crippen LogP contribution in [-0.2, 0) is 4.74 Å². The maximum Gasteiger partial charge on any atom is 0.337 e. The summed E-state index contributed by atoms with van der Waals surface area (Å²) in [5, 5.41) is 10.4. The Balaban J connectivity index is 0.00000220. The second-order valence-electron chi connectivity index (χ2n) is 5.53. The van der Waals surface area contributed by atoms with Gasteiger partial charge in [-0.05, 0) is 36.5 Å². The molecule has 1 fully saturated rings. The average molecular weight is 314 g/mol. The van der Waals surface area contributed by atoms with Crippen molar-refractivity contribution in [2.24, 2.45) is 11.7 Å². The summed E-state index contributed by atoms with van der Waals surface area (Å²) in [5.74, 6) is -0.119. The number of aliphatic hydroxyl groups is 1. The summed E-state index contributed by atoms with van der Waals surface area (Å²) in [4.78, 5) is 11.5. The zero-order valence-corrected chi connectivity index (χ0v) is 13.1. The summed E-state index contributed by atoms with van der Waals surface area (Å²) in [6.07, 6.45) is 5.09. The molecule has 0 heterocycles. The Morgan fingerprint density at radius 1 is 1.33 bits per heavy atom. The fraction of sp³-hybridized carbons (Fsp3) is 0.562. The summed E-state index contributed by atoms with van der Waals surface area (Å²) in [7, 11) is 1.35. The number of halogens is 1. The molecule has 2 rings (SSSR count). The molecule has 0 radical (unpaired) electrons. The van der Waals surface area contributed by atoms with Crippen LogP contribution >= 0.6 is 12.4 Å². The van der Waals surface area contributed by atoms with Gasteiger partial charge in [-0.1, -0.05) is 31.4 Å². The molecule has 2 atom stereocenters. The molecule has 0 spiro atoms. The first kappa shape index (κ1) is 18.0. The van der Waals surface area contributed by atoms with Crippen molar-refractivity contribution in [3.8, 4) is 0 Å². The number of carbonyl (C=O) groups is 1. The Morgan fingerprint density at radius 2 is 2.00 bits per heavy atom. The van der Waals surface area contributed by atoms with E-state index in [9.17, 15) is 9.90 Å². The van der Waals surface area contributed by atoms with Gasteiger partial charge in [0.15, 0.2) is 0 Å². The summed E-state index contributed by atoms with van der Waals surface area (Å²) in [5.41, 5.74) is 7.43. The third kappa shape index (κ3) is 4.43. The van der Waals surface area contributed by atoms with E-state index in [1.54, 1.807) is 18.2 Å². The first-order valence-corrected chi connectivity index (χ1v) is 7.25. The molecule has 1 saturated carbocycles. The molecule has 0 amide bonds. The van der Waals surface area contributed by atoms with E-state index in [0.717, 1.165) is 31.2 Å². The highest BCUT2D eigenvalue weighted by atomic mass is 35.5. The Kier molecular flexibility index (Phi) is 7.15. The number of nitrogens with two attached hydrogens (primary N) is 1. The van der Waals surface area contributed by atoms with Gasteiger partial charge in [0.25, 0.3) is 0 Å². The smallest absolute Gasteiger partial charge is 0.337 e. The lowest BCUT2D eigenvalue weighted by Crippen LogP contribution is -2.34. The molecule has 0 aromatic heterocycles. The van der Waals surface area contributed by atoms with Crippen LogP contribution in [0.3, 0.4) is 0 Å². The maximum absolute atomic E-state index is 11.5. The maximum atomic E-state index is 11.5. The molecular formula is C16H24ClNO3. The highest BCUT2D eigenvalue weighted by molar-refractivity contribution is 5.89. The number of hydrogen-bond donors (Lipinski definition) is 2. The summed E-state index contributed by atoms with van der Waals surface area (Å²) < 4.78 is 4.71. The number of methoxy groups -OCH3 is 1. The van der Waals surface area contributed by atoms with Crippen LogP contribution < -0.4 is 5.73 Å². The van der Waals surface area contributed by atoms with Crippen molar-refractivity contribution >= 4 is 18.4 Å². The van der Waals surface area contributed by atoms with Crippen molar-refractivity contribution in [3.05, 3.63) is 35.4 Å². The first-order chi connectivity index (χ1) is 9.63. The monoisotopic (exact) mass is 313 g/mol. The molecule has 5 heteroatoms. The standard InChI is InChI=1S/C16H23NO3.ClH/c1-20-16(19)13-9-5-8-12(10-13)14(17)15(18)11-6-3-2-4-7-11;/h5,8-11,14-15,18H,2-4,6-7,17H2,1H3;1H/t14-,15+;/m0./s1. The summed E-state index contributed by atoms with van der Waals surface area (Å²) >= 11 is 0. The topological polar surface area (TPSA) is 72.5 Å². The van der Waals surface area contributed by atoms with Crippen LogP contribution in [0.2, 0.25) is 0 Å². The van der Waals surface area contributed by atoms with Crippen LogP contribution in [0, 0.1) is 5.92 Å². The lowest BCUT2D eigenvalue weighted by Gasteiger charge is -2.30. The van der Waals surface area contributed by atoms with Crippen LogP contribution in [-0.4, -0.2) is 24.3 Å². The number of benzene rings is 1. The molecule has 1 aliphatic carbocycles. The largest absolute Gasteiger partial charge is 0.465 e. The molecular weight excluding hydrogens is 290 g/mol. The van der Waals surface area contributed by atoms with Crippen molar-refractivity contribution < 1.29 is 14.6 Å². The van der Waals surface area contributed by atoms with Crippen LogP contribution in [0.5, 0.6) is 0 Å². The highest BCUT2D eigenvalue weighted by Crippen LogP contribution is 2.31. The van der Waals surface area contributed by atoms with E-state index in [0.29, 0.717) is 5.56 Å². The molecule has 21 heavy (non-hydrogen) atoms.